The number of nitrogens with zero attached hydrogens (tertiary/aromatic N) is 3. The molecule has 0 radical (unpaired) electrons. The first kappa shape index (κ1) is 12.3. The summed E-state index contributed by atoms with van der Waals surface area (Å²) in [6.07, 6.45) is 1.77. The lowest BCUT2D eigenvalue weighted by Crippen LogP contribution is -1.82. The summed E-state index contributed by atoms with van der Waals surface area (Å²) in [5.41, 5.74) is 1.71. The van der Waals surface area contributed by atoms with Gasteiger partial charge in [0, 0.05) is 17.1 Å². The molecule has 1 N–H and O–H groups in total. The van der Waals surface area contributed by atoms with Crippen molar-refractivity contribution in [3.63, 3.8) is 0 Å². The maximum atomic E-state index is 10.6. The molecule has 0 saturated heterocycles. The van der Waals surface area contributed by atoms with Gasteiger partial charge < -0.3 is 13.8 Å². The van der Waals surface area contributed by atoms with Gasteiger partial charge in [0.2, 0.25) is 5.89 Å². The molecule has 0 aliphatic carbocycles. The van der Waals surface area contributed by atoms with Crippen LogP contribution in [0.25, 0.3) is 34.0 Å². The lowest BCUT2D eigenvalue weighted by molar-refractivity contribution is -0.401. The van der Waals surface area contributed by atoms with Crippen LogP contribution < -0.4 is 0 Å². The molecule has 8 nitrogen and oxygen atoms in total. The van der Waals surface area contributed by atoms with E-state index in [9.17, 15) is 10.1 Å². The predicted octanol–water partition coefficient (Wildman–Crippen LogP) is 3.39. The number of nitrogens with one attached hydrogen (secondary N) is 1. The van der Waals surface area contributed by atoms with E-state index in [2.05, 4.69) is 15.2 Å². The van der Waals surface area contributed by atoms with Crippen LogP contribution in [-0.4, -0.2) is 20.1 Å². The van der Waals surface area contributed by atoms with E-state index >= 15 is 0 Å². The highest BCUT2D eigenvalue weighted by atomic mass is 16.6. The summed E-state index contributed by atoms with van der Waals surface area (Å²) in [6.45, 7) is 0. The second-order valence-corrected chi connectivity index (χ2v) is 4.56. The van der Waals surface area contributed by atoms with Gasteiger partial charge in [-0.1, -0.05) is 18.2 Å². The fraction of sp³-hybridized carbons (Fsp3) is 0. The van der Waals surface area contributed by atoms with Crippen molar-refractivity contribution in [3.05, 3.63) is 52.7 Å². The lowest BCUT2D eigenvalue weighted by Gasteiger charge is -1.91. The molecule has 0 saturated carbocycles. The first-order valence-electron chi connectivity index (χ1n) is 6.37. The quantitative estimate of drug-likeness (QED) is 0.458. The minimum absolute atomic E-state index is 0.0911. The Hall–Kier alpha value is -3.42. The van der Waals surface area contributed by atoms with Crippen LogP contribution >= 0.6 is 0 Å². The number of aromatic nitrogens is 3. The summed E-state index contributed by atoms with van der Waals surface area (Å²) in [7, 11) is 0. The molecular weight excluding hydrogens is 288 g/mol. The molecule has 22 heavy (non-hydrogen) atoms. The van der Waals surface area contributed by atoms with Crippen LogP contribution in [0.5, 0.6) is 0 Å². The van der Waals surface area contributed by atoms with Gasteiger partial charge in [-0.15, -0.1) is 10.2 Å². The third kappa shape index (κ3) is 1.85. The molecule has 8 heteroatoms. The van der Waals surface area contributed by atoms with E-state index in [4.69, 9.17) is 8.83 Å². The van der Waals surface area contributed by atoms with E-state index in [1.807, 2.05) is 24.3 Å². The minimum atomic E-state index is -0.625. The average molecular weight is 296 g/mol. The number of furan rings is 1. The molecular formula is C14H8N4O4. The van der Waals surface area contributed by atoms with E-state index in [1.54, 1.807) is 6.20 Å². The number of nitro groups is 1. The molecule has 0 fully saturated rings. The molecule has 0 aliphatic heterocycles. The van der Waals surface area contributed by atoms with Crippen molar-refractivity contribution < 1.29 is 13.8 Å². The van der Waals surface area contributed by atoms with Gasteiger partial charge in [-0.2, -0.15) is 0 Å². The van der Waals surface area contributed by atoms with E-state index in [-0.39, 0.29) is 17.5 Å². The summed E-state index contributed by atoms with van der Waals surface area (Å²) in [5.74, 6) is 0.187. The van der Waals surface area contributed by atoms with E-state index < -0.39 is 4.92 Å². The van der Waals surface area contributed by atoms with Crippen molar-refractivity contribution in [1.82, 2.24) is 15.2 Å². The second kappa shape index (κ2) is 4.55. The topological polar surface area (TPSA) is 111 Å². The summed E-state index contributed by atoms with van der Waals surface area (Å²) in [6, 6.07) is 10.4. The van der Waals surface area contributed by atoms with Crippen LogP contribution in [0.15, 0.2) is 51.4 Å². The average Bonchev–Trinajstić information content (AvgIpc) is 3.25. The Morgan fingerprint density at radius 3 is 2.68 bits per heavy atom. The van der Waals surface area contributed by atoms with Crippen LogP contribution in [0.2, 0.25) is 0 Å². The van der Waals surface area contributed by atoms with Crippen molar-refractivity contribution in [2.24, 2.45) is 0 Å². The van der Waals surface area contributed by atoms with Crippen LogP contribution in [0.4, 0.5) is 5.88 Å². The van der Waals surface area contributed by atoms with Gasteiger partial charge in [0.1, 0.15) is 4.92 Å². The van der Waals surface area contributed by atoms with Crippen LogP contribution in [0.3, 0.4) is 0 Å². The molecule has 108 valence electrons. The summed E-state index contributed by atoms with van der Waals surface area (Å²) >= 11 is 0. The smallest absolute Gasteiger partial charge is 0.413 e. The van der Waals surface area contributed by atoms with Crippen molar-refractivity contribution >= 4 is 16.8 Å². The molecule has 4 aromatic rings. The van der Waals surface area contributed by atoms with E-state index in [0.717, 1.165) is 16.5 Å². The van der Waals surface area contributed by atoms with Gasteiger partial charge in [0.05, 0.1) is 11.6 Å². The standard InChI is InChI=1S/C14H8N4O4/c19-18(20)12-6-5-11(21-12)14-17-16-13(22-14)9-7-15-10-4-2-1-3-8(9)10/h1-7,15H. The number of hydrogen-bond donors (Lipinski definition) is 1. The van der Waals surface area contributed by atoms with Crippen molar-refractivity contribution in [3.8, 4) is 23.1 Å². The lowest BCUT2D eigenvalue weighted by atomic mass is 10.2. The largest absolute Gasteiger partial charge is 0.433 e. The van der Waals surface area contributed by atoms with Crippen LogP contribution in [0.1, 0.15) is 0 Å². The zero-order valence-electron chi connectivity index (χ0n) is 11.0. The molecule has 0 atom stereocenters. The number of benzene rings is 1. The van der Waals surface area contributed by atoms with E-state index in [1.165, 1.54) is 12.1 Å². The minimum Gasteiger partial charge on any atom is -0.413 e. The third-order valence-electron chi connectivity index (χ3n) is 3.23. The van der Waals surface area contributed by atoms with Crippen molar-refractivity contribution in [1.29, 1.82) is 0 Å². The fourth-order valence-electron chi connectivity index (χ4n) is 2.22. The molecule has 3 aromatic heterocycles. The monoisotopic (exact) mass is 296 g/mol. The molecule has 3 heterocycles. The Morgan fingerprint density at radius 1 is 1.05 bits per heavy atom. The Kier molecular flexibility index (Phi) is 2.55. The molecule has 0 spiro atoms. The van der Waals surface area contributed by atoms with Crippen LogP contribution in [0, 0.1) is 10.1 Å². The van der Waals surface area contributed by atoms with Gasteiger partial charge in [0.15, 0.2) is 5.76 Å². The Bertz CT molecular complexity index is 981. The fourth-order valence-corrected chi connectivity index (χ4v) is 2.22. The van der Waals surface area contributed by atoms with Gasteiger partial charge in [0.25, 0.3) is 5.89 Å². The van der Waals surface area contributed by atoms with Crippen LogP contribution in [-0.2, 0) is 0 Å². The number of rotatable bonds is 3. The molecule has 4 rings (SSSR count). The molecule has 0 aliphatic rings. The highest BCUT2D eigenvalue weighted by Gasteiger charge is 2.19. The Balaban J connectivity index is 1.76. The van der Waals surface area contributed by atoms with Gasteiger partial charge in [-0.3, -0.25) is 10.1 Å². The first-order chi connectivity index (χ1) is 10.7. The third-order valence-corrected chi connectivity index (χ3v) is 3.23. The first-order valence-corrected chi connectivity index (χ1v) is 6.37. The normalized spacial score (nSPS) is 11.1. The molecule has 1 aromatic carbocycles. The van der Waals surface area contributed by atoms with Gasteiger partial charge >= 0.3 is 5.88 Å². The molecule has 0 unspecified atom stereocenters. The summed E-state index contributed by atoms with van der Waals surface area (Å²) < 4.78 is 10.6. The number of hydrogen-bond acceptors (Lipinski definition) is 6. The highest BCUT2D eigenvalue weighted by Crippen LogP contribution is 2.31. The summed E-state index contributed by atoms with van der Waals surface area (Å²) in [4.78, 5) is 13.1. The van der Waals surface area contributed by atoms with Crippen molar-refractivity contribution in [2.75, 3.05) is 0 Å². The van der Waals surface area contributed by atoms with E-state index in [0.29, 0.717) is 5.89 Å². The Labute approximate surface area is 122 Å². The van der Waals surface area contributed by atoms with Gasteiger partial charge in [-0.05, 0) is 12.1 Å². The SMILES string of the molecule is O=[N+]([O-])c1ccc(-c2nnc(-c3c[nH]c4ccccc34)o2)o1. The molecule has 0 amide bonds. The second-order valence-electron chi connectivity index (χ2n) is 4.56. The molecule has 0 bridgehead atoms. The van der Waals surface area contributed by atoms with Gasteiger partial charge in [-0.25, -0.2) is 0 Å². The summed E-state index contributed by atoms with van der Waals surface area (Å²) in [5, 5.41) is 19.4. The number of fused-ring (bicyclic) bond motifs is 1. The Morgan fingerprint density at radius 2 is 1.86 bits per heavy atom. The predicted molar refractivity (Wildman–Crippen MR) is 75.9 cm³/mol. The maximum absolute atomic E-state index is 10.6. The zero-order chi connectivity index (χ0) is 15.1. The zero-order valence-corrected chi connectivity index (χ0v) is 11.0. The highest BCUT2D eigenvalue weighted by molar-refractivity contribution is 5.93. The number of H-pyrrole nitrogens is 1. The number of para-hydroxylation sites is 1. The van der Waals surface area contributed by atoms with Crippen molar-refractivity contribution in [2.45, 2.75) is 0 Å². The number of aromatic amines is 1. The maximum Gasteiger partial charge on any atom is 0.433 e.